The Labute approximate surface area is 146 Å². The lowest BCUT2D eigenvalue weighted by Gasteiger charge is -2.21. The Kier molecular flexibility index (Phi) is 4.79. The van der Waals surface area contributed by atoms with E-state index in [9.17, 15) is 13.2 Å². The van der Waals surface area contributed by atoms with E-state index in [4.69, 9.17) is 5.26 Å². The minimum absolute atomic E-state index is 0.0705. The van der Waals surface area contributed by atoms with Crippen molar-refractivity contribution in [2.24, 2.45) is 0 Å². The molecule has 8 heteroatoms. The summed E-state index contributed by atoms with van der Waals surface area (Å²) in [5.74, 6) is -0.450. The van der Waals surface area contributed by atoms with Crippen LogP contribution >= 0.6 is 0 Å². The second-order valence-corrected chi connectivity index (χ2v) is 7.60. The number of carbonyl (C=O) groups is 1. The molecular weight excluding hydrogens is 340 g/mol. The molecule has 0 aliphatic heterocycles. The lowest BCUT2D eigenvalue weighted by atomic mass is 10.2. The van der Waals surface area contributed by atoms with Gasteiger partial charge in [0, 0.05) is 24.1 Å². The molecule has 25 heavy (non-hydrogen) atoms. The number of nitriles is 1. The third-order valence-electron chi connectivity index (χ3n) is 3.77. The van der Waals surface area contributed by atoms with E-state index in [1.165, 1.54) is 28.8 Å². The third kappa shape index (κ3) is 4.02. The van der Waals surface area contributed by atoms with Gasteiger partial charge in [0.2, 0.25) is 15.9 Å². The van der Waals surface area contributed by atoms with Crippen LogP contribution in [-0.4, -0.2) is 36.2 Å². The number of pyridine rings is 1. The maximum atomic E-state index is 12.8. The average molecular weight is 356 g/mol. The summed E-state index contributed by atoms with van der Waals surface area (Å²) in [5, 5.41) is 11.5. The van der Waals surface area contributed by atoms with Crippen LogP contribution in [0.15, 0.2) is 53.7 Å². The molecule has 1 aliphatic rings. The molecule has 7 nitrogen and oxygen atoms in total. The molecule has 2 aromatic rings. The number of nitrogens with one attached hydrogen (secondary N) is 1. The molecule has 1 aliphatic carbocycles. The van der Waals surface area contributed by atoms with E-state index in [1.54, 1.807) is 24.3 Å². The van der Waals surface area contributed by atoms with Gasteiger partial charge in [-0.3, -0.25) is 9.78 Å². The van der Waals surface area contributed by atoms with Crippen LogP contribution < -0.4 is 5.32 Å². The number of carbonyl (C=O) groups excluding carboxylic acids is 1. The minimum atomic E-state index is -3.78. The number of aromatic nitrogens is 1. The fourth-order valence-corrected chi connectivity index (χ4v) is 4.02. The van der Waals surface area contributed by atoms with Crippen molar-refractivity contribution in [2.45, 2.75) is 23.8 Å². The summed E-state index contributed by atoms with van der Waals surface area (Å²) < 4.78 is 26.7. The first kappa shape index (κ1) is 17.1. The van der Waals surface area contributed by atoms with Crippen molar-refractivity contribution in [2.75, 3.05) is 11.9 Å². The Morgan fingerprint density at radius 3 is 2.76 bits per heavy atom. The molecule has 1 heterocycles. The van der Waals surface area contributed by atoms with Gasteiger partial charge >= 0.3 is 0 Å². The van der Waals surface area contributed by atoms with Crippen molar-refractivity contribution in [3.05, 3.63) is 54.4 Å². The Balaban J connectivity index is 1.76. The molecule has 0 bridgehead atoms. The molecule has 3 rings (SSSR count). The number of rotatable bonds is 6. The topological polar surface area (TPSA) is 103 Å². The highest BCUT2D eigenvalue weighted by molar-refractivity contribution is 7.89. The van der Waals surface area contributed by atoms with E-state index < -0.39 is 15.9 Å². The van der Waals surface area contributed by atoms with E-state index in [0.29, 0.717) is 11.3 Å². The predicted molar refractivity (Wildman–Crippen MR) is 90.9 cm³/mol. The largest absolute Gasteiger partial charge is 0.325 e. The van der Waals surface area contributed by atoms with E-state index in [2.05, 4.69) is 10.3 Å². The molecule has 1 N–H and O–H groups in total. The van der Waals surface area contributed by atoms with Gasteiger partial charge in [-0.1, -0.05) is 6.07 Å². The van der Waals surface area contributed by atoms with Crippen LogP contribution in [0.4, 0.5) is 5.69 Å². The minimum Gasteiger partial charge on any atom is -0.325 e. The van der Waals surface area contributed by atoms with Crippen LogP contribution in [0.1, 0.15) is 18.4 Å². The maximum absolute atomic E-state index is 12.8. The van der Waals surface area contributed by atoms with Gasteiger partial charge in [0.05, 0.1) is 18.2 Å². The normalized spacial score (nSPS) is 14.1. The number of anilines is 1. The number of benzene rings is 1. The molecule has 0 spiro atoms. The molecule has 1 amide bonds. The first-order valence-corrected chi connectivity index (χ1v) is 9.16. The zero-order valence-electron chi connectivity index (χ0n) is 13.3. The number of nitrogens with zero attached hydrogens (tertiary/aromatic N) is 3. The lowest BCUT2D eigenvalue weighted by molar-refractivity contribution is -0.116. The summed E-state index contributed by atoms with van der Waals surface area (Å²) in [7, 11) is -3.78. The molecule has 1 aromatic carbocycles. The zero-order valence-corrected chi connectivity index (χ0v) is 14.1. The molecule has 0 saturated heterocycles. The molecule has 128 valence electrons. The quantitative estimate of drug-likeness (QED) is 0.849. The molecule has 0 atom stereocenters. The number of hydrogen-bond donors (Lipinski definition) is 1. The monoisotopic (exact) mass is 356 g/mol. The van der Waals surface area contributed by atoms with Crippen molar-refractivity contribution in [3.8, 4) is 6.07 Å². The fourth-order valence-electron chi connectivity index (χ4n) is 2.42. The van der Waals surface area contributed by atoms with Gasteiger partial charge in [0.1, 0.15) is 4.90 Å². The zero-order chi connectivity index (χ0) is 17.9. The van der Waals surface area contributed by atoms with Crippen LogP contribution in [0.2, 0.25) is 0 Å². The van der Waals surface area contributed by atoms with Gasteiger partial charge in [-0.15, -0.1) is 0 Å². The summed E-state index contributed by atoms with van der Waals surface area (Å²) in [5.41, 5.74) is 0.874. The van der Waals surface area contributed by atoms with Crippen LogP contribution in [-0.2, 0) is 14.8 Å². The number of hydrogen-bond acceptors (Lipinski definition) is 5. The van der Waals surface area contributed by atoms with Crippen molar-refractivity contribution in [3.63, 3.8) is 0 Å². The molecule has 0 radical (unpaired) electrons. The van der Waals surface area contributed by atoms with Crippen molar-refractivity contribution in [1.29, 1.82) is 5.26 Å². The first-order chi connectivity index (χ1) is 12.0. The highest BCUT2D eigenvalue weighted by Gasteiger charge is 2.39. The highest BCUT2D eigenvalue weighted by Crippen LogP contribution is 2.31. The smallest absolute Gasteiger partial charge is 0.245 e. The van der Waals surface area contributed by atoms with E-state index in [-0.39, 0.29) is 17.5 Å². The van der Waals surface area contributed by atoms with Gasteiger partial charge < -0.3 is 5.32 Å². The Morgan fingerprint density at radius 2 is 2.12 bits per heavy atom. The maximum Gasteiger partial charge on any atom is 0.245 e. The Hall–Kier alpha value is -2.76. The fraction of sp³-hybridized carbons (Fsp3) is 0.235. The van der Waals surface area contributed by atoms with Crippen molar-refractivity contribution < 1.29 is 13.2 Å². The predicted octanol–water partition coefficient (Wildman–Crippen LogP) is 1.75. The molecule has 1 fully saturated rings. The van der Waals surface area contributed by atoms with Crippen LogP contribution in [0.5, 0.6) is 0 Å². The van der Waals surface area contributed by atoms with Gasteiger partial charge in [-0.05, 0) is 43.2 Å². The standard InChI is InChI=1S/C17H16N4O3S/c18-10-13-3-1-4-14(9-13)20-17(22)12-21(15-6-7-15)25(23,24)16-5-2-8-19-11-16/h1-5,8-9,11,15H,6-7,12H2,(H,20,22). The van der Waals surface area contributed by atoms with Crippen LogP contribution in [0.25, 0.3) is 0 Å². The van der Waals surface area contributed by atoms with E-state index in [0.717, 1.165) is 12.8 Å². The van der Waals surface area contributed by atoms with Crippen LogP contribution in [0.3, 0.4) is 0 Å². The Morgan fingerprint density at radius 1 is 1.32 bits per heavy atom. The van der Waals surface area contributed by atoms with Crippen molar-refractivity contribution in [1.82, 2.24) is 9.29 Å². The average Bonchev–Trinajstić information content (AvgIpc) is 3.45. The number of amides is 1. The summed E-state index contributed by atoms with van der Waals surface area (Å²) in [6, 6.07) is 11.3. The second-order valence-electron chi connectivity index (χ2n) is 5.71. The lowest BCUT2D eigenvalue weighted by Crippen LogP contribution is -2.39. The van der Waals surface area contributed by atoms with Gasteiger partial charge in [-0.2, -0.15) is 9.57 Å². The van der Waals surface area contributed by atoms with E-state index >= 15 is 0 Å². The summed E-state index contributed by atoms with van der Waals surface area (Å²) in [6.45, 7) is -0.279. The second kappa shape index (κ2) is 7.01. The highest BCUT2D eigenvalue weighted by atomic mass is 32.2. The molecule has 1 saturated carbocycles. The summed E-state index contributed by atoms with van der Waals surface area (Å²) >= 11 is 0. The number of sulfonamides is 1. The first-order valence-electron chi connectivity index (χ1n) is 7.72. The van der Waals surface area contributed by atoms with Crippen molar-refractivity contribution >= 4 is 21.6 Å². The van der Waals surface area contributed by atoms with Gasteiger partial charge in [0.25, 0.3) is 0 Å². The SMILES string of the molecule is N#Cc1cccc(NC(=O)CN(C2CC2)S(=O)(=O)c2cccnc2)c1. The van der Waals surface area contributed by atoms with Gasteiger partial charge in [-0.25, -0.2) is 8.42 Å². The Bertz CT molecular complexity index is 918. The summed E-state index contributed by atoms with van der Waals surface area (Å²) in [4.78, 5) is 16.2. The molecule has 0 unspecified atom stereocenters. The third-order valence-corrected chi connectivity index (χ3v) is 5.65. The van der Waals surface area contributed by atoms with E-state index in [1.807, 2.05) is 6.07 Å². The van der Waals surface area contributed by atoms with Gasteiger partial charge in [0.15, 0.2) is 0 Å². The molecule has 1 aromatic heterocycles. The van der Waals surface area contributed by atoms with Crippen LogP contribution in [0, 0.1) is 11.3 Å². The molecular formula is C17H16N4O3S. The summed E-state index contributed by atoms with van der Waals surface area (Å²) in [6.07, 6.45) is 4.24.